The van der Waals surface area contributed by atoms with Crippen LogP contribution >= 0.6 is 0 Å². The van der Waals surface area contributed by atoms with E-state index in [0.717, 1.165) is 12.8 Å². The number of amides is 1. The van der Waals surface area contributed by atoms with Crippen LogP contribution in [0, 0.1) is 5.41 Å². The minimum Gasteiger partial charge on any atom is -0.748 e. The van der Waals surface area contributed by atoms with Gasteiger partial charge in [-0.25, -0.2) is 8.42 Å². The van der Waals surface area contributed by atoms with Crippen molar-refractivity contribution in [2.75, 3.05) is 39.5 Å². The number of carbonyl (C=O) groups excluding carboxylic acids is 1. The predicted molar refractivity (Wildman–Crippen MR) is 78.1 cm³/mol. The zero-order valence-electron chi connectivity index (χ0n) is 13.2. The lowest BCUT2D eigenvalue weighted by Crippen LogP contribution is -2.45. The van der Waals surface area contributed by atoms with Gasteiger partial charge in [-0.3, -0.25) is 4.79 Å². The van der Waals surface area contributed by atoms with Crippen LogP contribution < -0.4 is 5.32 Å². The van der Waals surface area contributed by atoms with Gasteiger partial charge in [0.05, 0.1) is 32.9 Å². The molecule has 0 saturated carbocycles. The highest BCUT2D eigenvalue weighted by atomic mass is 32.2. The van der Waals surface area contributed by atoms with Crippen LogP contribution in [0.4, 0.5) is 0 Å². The molecule has 6 nitrogen and oxygen atoms in total. The number of rotatable bonds is 9. The standard InChI is InChI=1S/C13H28N2O4S/c1-6-13(2,3)12(16)14-8-7-9-15(4,5)10-11-20(17,18)19/h6-11H2,1-5H3,(H-,14,16,17,18,19). The van der Waals surface area contributed by atoms with Gasteiger partial charge in [0, 0.05) is 18.4 Å². The largest absolute Gasteiger partial charge is 0.748 e. The minimum atomic E-state index is -4.16. The molecule has 0 fully saturated rings. The van der Waals surface area contributed by atoms with E-state index >= 15 is 0 Å². The van der Waals surface area contributed by atoms with Crippen molar-refractivity contribution < 1.29 is 22.2 Å². The fourth-order valence-corrected chi connectivity index (χ4v) is 2.30. The normalized spacial score (nSPS) is 13.3. The summed E-state index contributed by atoms with van der Waals surface area (Å²) in [6.45, 7) is 7.35. The predicted octanol–water partition coefficient (Wildman–Crippen LogP) is 0.551. The van der Waals surface area contributed by atoms with Gasteiger partial charge in [0.25, 0.3) is 0 Å². The van der Waals surface area contributed by atoms with E-state index in [1.54, 1.807) is 0 Å². The van der Waals surface area contributed by atoms with Gasteiger partial charge in [-0.05, 0) is 6.42 Å². The third-order valence-electron chi connectivity index (χ3n) is 3.67. The number of nitrogens with one attached hydrogen (secondary N) is 1. The molecular weight excluding hydrogens is 280 g/mol. The fraction of sp³-hybridized carbons (Fsp3) is 0.923. The average molecular weight is 308 g/mol. The number of hydrogen-bond acceptors (Lipinski definition) is 4. The highest BCUT2D eigenvalue weighted by Gasteiger charge is 2.24. The van der Waals surface area contributed by atoms with Gasteiger partial charge in [-0.1, -0.05) is 20.8 Å². The van der Waals surface area contributed by atoms with E-state index in [1.165, 1.54) is 0 Å². The Morgan fingerprint density at radius 1 is 1.25 bits per heavy atom. The second kappa shape index (κ2) is 7.38. The van der Waals surface area contributed by atoms with Gasteiger partial charge in [0.1, 0.15) is 10.1 Å². The first-order valence-corrected chi connectivity index (χ1v) is 8.51. The Hall–Kier alpha value is -0.660. The Morgan fingerprint density at radius 3 is 2.25 bits per heavy atom. The molecule has 0 radical (unpaired) electrons. The molecular formula is C13H28N2O4S. The molecule has 20 heavy (non-hydrogen) atoms. The van der Waals surface area contributed by atoms with Crippen LogP contribution in [0.5, 0.6) is 0 Å². The Balaban J connectivity index is 4.03. The lowest BCUT2D eigenvalue weighted by atomic mass is 9.89. The molecule has 0 heterocycles. The molecule has 0 spiro atoms. The van der Waals surface area contributed by atoms with E-state index < -0.39 is 10.1 Å². The summed E-state index contributed by atoms with van der Waals surface area (Å²) < 4.78 is 32.3. The third kappa shape index (κ3) is 8.50. The molecule has 120 valence electrons. The van der Waals surface area contributed by atoms with Crippen molar-refractivity contribution >= 4 is 16.0 Å². The lowest BCUT2D eigenvalue weighted by Gasteiger charge is -2.30. The van der Waals surface area contributed by atoms with E-state index in [4.69, 9.17) is 0 Å². The summed E-state index contributed by atoms with van der Waals surface area (Å²) in [5, 5.41) is 2.89. The van der Waals surface area contributed by atoms with Gasteiger partial charge in [0.2, 0.25) is 5.91 Å². The van der Waals surface area contributed by atoms with Crippen LogP contribution in [0.2, 0.25) is 0 Å². The summed E-state index contributed by atoms with van der Waals surface area (Å²) in [6.07, 6.45) is 1.53. The van der Waals surface area contributed by atoms with Crippen molar-refractivity contribution in [1.29, 1.82) is 0 Å². The number of nitrogens with zero attached hydrogens (tertiary/aromatic N) is 1. The Labute approximate surface area is 122 Å². The molecule has 7 heteroatoms. The van der Waals surface area contributed by atoms with E-state index in [0.29, 0.717) is 24.1 Å². The fourth-order valence-electron chi connectivity index (χ4n) is 1.58. The maximum absolute atomic E-state index is 11.8. The highest BCUT2D eigenvalue weighted by Crippen LogP contribution is 2.19. The molecule has 1 N–H and O–H groups in total. The van der Waals surface area contributed by atoms with Crippen LogP contribution in [0.25, 0.3) is 0 Å². The Morgan fingerprint density at radius 2 is 1.80 bits per heavy atom. The number of hydrogen-bond donors (Lipinski definition) is 1. The maximum atomic E-state index is 11.8. The SMILES string of the molecule is CCC(C)(C)C(=O)NCCC[N+](C)(C)CCS(=O)(=O)[O-]. The van der Waals surface area contributed by atoms with Crippen molar-refractivity contribution in [3.63, 3.8) is 0 Å². The first-order chi connectivity index (χ1) is 8.90. The molecule has 0 aliphatic carbocycles. The first kappa shape index (κ1) is 19.3. The van der Waals surface area contributed by atoms with Crippen molar-refractivity contribution in [1.82, 2.24) is 5.32 Å². The third-order valence-corrected chi connectivity index (χ3v) is 4.35. The van der Waals surface area contributed by atoms with E-state index in [2.05, 4.69) is 5.32 Å². The van der Waals surface area contributed by atoms with Gasteiger partial charge in [-0.2, -0.15) is 0 Å². The number of quaternary nitrogens is 1. The average Bonchev–Trinajstić information content (AvgIpc) is 2.31. The van der Waals surface area contributed by atoms with Crippen molar-refractivity contribution in [3.8, 4) is 0 Å². The summed E-state index contributed by atoms with van der Waals surface area (Å²) in [7, 11) is -0.404. The van der Waals surface area contributed by atoms with Crippen molar-refractivity contribution in [2.45, 2.75) is 33.6 Å². The van der Waals surface area contributed by atoms with Gasteiger partial charge < -0.3 is 14.4 Å². The zero-order chi connectivity index (χ0) is 16.0. The zero-order valence-corrected chi connectivity index (χ0v) is 14.0. The molecule has 0 unspecified atom stereocenters. The van der Waals surface area contributed by atoms with Gasteiger partial charge in [0.15, 0.2) is 0 Å². The second-order valence-electron chi connectivity index (χ2n) is 6.49. The number of carbonyl (C=O) groups is 1. The molecule has 0 aromatic rings. The molecule has 0 saturated heterocycles. The van der Waals surface area contributed by atoms with Crippen LogP contribution in [0.3, 0.4) is 0 Å². The molecule has 1 amide bonds. The summed E-state index contributed by atoms with van der Waals surface area (Å²) in [5.74, 6) is -0.317. The molecule has 0 rings (SSSR count). The van der Waals surface area contributed by atoms with E-state index in [9.17, 15) is 17.8 Å². The summed E-state index contributed by atoms with van der Waals surface area (Å²) >= 11 is 0. The summed E-state index contributed by atoms with van der Waals surface area (Å²) in [6, 6.07) is 0. The van der Waals surface area contributed by atoms with Crippen molar-refractivity contribution in [2.24, 2.45) is 5.41 Å². The molecule has 0 atom stereocenters. The van der Waals surface area contributed by atoms with Crippen LogP contribution in [-0.4, -0.2) is 62.8 Å². The van der Waals surface area contributed by atoms with Crippen LogP contribution in [0.1, 0.15) is 33.6 Å². The monoisotopic (exact) mass is 308 g/mol. The Kier molecular flexibility index (Phi) is 7.13. The van der Waals surface area contributed by atoms with E-state index in [-0.39, 0.29) is 17.1 Å². The summed E-state index contributed by atoms with van der Waals surface area (Å²) in [5.41, 5.74) is -0.360. The lowest BCUT2D eigenvalue weighted by molar-refractivity contribution is -0.888. The van der Waals surface area contributed by atoms with Crippen LogP contribution in [0.15, 0.2) is 0 Å². The topological polar surface area (TPSA) is 86.3 Å². The molecule has 0 aliphatic heterocycles. The second-order valence-corrected chi connectivity index (χ2v) is 8.02. The molecule has 0 aromatic carbocycles. The van der Waals surface area contributed by atoms with Gasteiger partial charge in [-0.15, -0.1) is 0 Å². The molecule has 0 aliphatic rings. The molecule has 0 aromatic heterocycles. The van der Waals surface area contributed by atoms with E-state index in [1.807, 2.05) is 34.9 Å². The highest BCUT2D eigenvalue weighted by molar-refractivity contribution is 7.85. The quantitative estimate of drug-likeness (QED) is 0.383. The summed E-state index contributed by atoms with van der Waals surface area (Å²) in [4.78, 5) is 11.8. The van der Waals surface area contributed by atoms with Gasteiger partial charge >= 0.3 is 0 Å². The smallest absolute Gasteiger partial charge is 0.225 e. The maximum Gasteiger partial charge on any atom is 0.225 e. The van der Waals surface area contributed by atoms with Crippen LogP contribution in [-0.2, 0) is 14.9 Å². The van der Waals surface area contributed by atoms with Crippen molar-refractivity contribution in [3.05, 3.63) is 0 Å². The molecule has 0 bridgehead atoms. The Bertz CT molecular complexity index is 416. The minimum absolute atomic E-state index is 0.0347. The first-order valence-electron chi connectivity index (χ1n) is 6.93.